The third-order valence-corrected chi connectivity index (χ3v) is 5.92. The van der Waals surface area contributed by atoms with Gasteiger partial charge in [-0.3, -0.25) is 4.79 Å². The van der Waals surface area contributed by atoms with Gasteiger partial charge in [-0.25, -0.2) is 4.98 Å². The van der Waals surface area contributed by atoms with Crippen LogP contribution < -0.4 is 16.0 Å². The van der Waals surface area contributed by atoms with Crippen LogP contribution in [0.15, 0.2) is 48.7 Å². The van der Waals surface area contributed by atoms with E-state index in [2.05, 4.69) is 25.9 Å². The van der Waals surface area contributed by atoms with Crippen molar-refractivity contribution in [2.24, 2.45) is 0 Å². The molecule has 1 amide bonds. The van der Waals surface area contributed by atoms with Gasteiger partial charge in [0.2, 0.25) is 11.9 Å². The lowest BCUT2D eigenvalue weighted by Gasteiger charge is -2.19. The molecule has 0 spiro atoms. The van der Waals surface area contributed by atoms with Crippen LogP contribution in [0.3, 0.4) is 0 Å². The van der Waals surface area contributed by atoms with E-state index in [1.54, 1.807) is 18.2 Å². The van der Waals surface area contributed by atoms with Crippen molar-refractivity contribution in [3.63, 3.8) is 0 Å². The predicted octanol–water partition coefficient (Wildman–Crippen LogP) is 3.85. The number of nitrogens with zero attached hydrogens (tertiary/aromatic N) is 2. The topological polar surface area (TPSA) is 99.2 Å². The van der Waals surface area contributed by atoms with Crippen molar-refractivity contribution in [3.05, 3.63) is 70.9 Å². The number of hydrogen-bond acceptors (Lipinski definition) is 6. The van der Waals surface area contributed by atoms with Crippen LogP contribution in [-0.4, -0.2) is 33.6 Å². The Morgan fingerprint density at radius 1 is 1.15 bits per heavy atom. The molecule has 0 fully saturated rings. The number of alkyl halides is 3. The third kappa shape index (κ3) is 4.21. The zero-order valence-corrected chi connectivity index (χ0v) is 17.3. The highest BCUT2D eigenvalue weighted by molar-refractivity contribution is 5.99. The first-order valence-electron chi connectivity index (χ1n) is 10.4. The molecule has 1 aliphatic heterocycles. The Kier molecular flexibility index (Phi) is 5.16. The second-order valence-corrected chi connectivity index (χ2v) is 8.13. The summed E-state index contributed by atoms with van der Waals surface area (Å²) < 4.78 is 40.7. The Balaban J connectivity index is 1.39. The molecule has 0 unspecified atom stereocenters. The molecule has 7 nitrogen and oxygen atoms in total. The fourth-order valence-electron chi connectivity index (χ4n) is 4.33. The van der Waals surface area contributed by atoms with Gasteiger partial charge in [0, 0.05) is 30.0 Å². The number of hydrogen-bond donors (Lipinski definition) is 4. The van der Waals surface area contributed by atoms with Crippen molar-refractivity contribution in [1.82, 2.24) is 9.97 Å². The Labute approximate surface area is 187 Å². The van der Waals surface area contributed by atoms with Gasteiger partial charge in [-0.05, 0) is 41.3 Å². The summed E-state index contributed by atoms with van der Waals surface area (Å²) in [6, 6.07) is 12.6. The van der Waals surface area contributed by atoms with Crippen LogP contribution in [0.4, 0.5) is 36.3 Å². The number of benzene rings is 2. The number of halogens is 3. The molecule has 2 heterocycles. The van der Waals surface area contributed by atoms with Gasteiger partial charge in [0.1, 0.15) is 11.4 Å². The van der Waals surface area contributed by atoms with Gasteiger partial charge in [-0.1, -0.05) is 24.3 Å². The SMILES string of the molecule is O=C1Cc2cc(Nc3ncc(C(F)(F)F)c(NC[C@H]4c5ccccc5C[C@@H]4O)n3)ccc2N1. The van der Waals surface area contributed by atoms with Gasteiger partial charge in [0.25, 0.3) is 0 Å². The molecule has 1 aromatic heterocycles. The van der Waals surface area contributed by atoms with E-state index >= 15 is 0 Å². The lowest BCUT2D eigenvalue weighted by molar-refractivity contribution is -0.137. The molecule has 2 atom stereocenters. The van der Waals surface area contributed by atoms with E-state index in [1.165, 1.54) is 0 Å². The average molecular weight is 455 g/mol. The number of carbonyl (C=O) groups is 1. The maximum atomic E-state index is 13.6. The fraction of sp³-hybridized carbons (Fsp3) is 0.261. The second kappa shape index (κ2) is 8.04. The number of nitrogens with one attached hydrogen (secondary N) is 3. The van der Waals surface area contributed by atoms with Crippen molar-refractivity contribution in [3.8, 4) is 0 Å². The largest absolute Gasteiger partial charge is 0.421 e. The van der Waals surface area contributed by atoms with Gasteiger partial charge >= 0.3 is 6.18 Å². The van der Waals surface area contributed by atoms with Crippen LogP contribution in [0, 0.1) is 0 Å². The number of carbonyl (C=O) groups excluding carboxylic acids is 1. The Morgan fingerprint density at radius 3 is 2.79 bits per heavy atom. The van der Waals surface area contributed by atoms with Gasteiger partial charge in [0.15, 0.2) is 0 Å². The lowest BCUT2D eigenvalue weighted by atomic mass is 10.00. The number of aliphatic hydroxyl groups is 1. The number of aliphatic hydroxyl groups excluding tert-OH is 1. The maximum absolute atomic E-state index is 13.6. The molecule has 0 bridgehead atoms. The molecule has 33 heavy (non-hydrogen) atoms. The summed E-state index contributed by atoms with van der Waals surface area (Å²) in [6.07, 6.45) is -3.91. The summed E-state index contributed by atoms with van der Waals surface area (Å²) in [5, 5.41) is 18.8. The Bertz CT molecular complexity index is 1230. The first-order valence-corrected chi connectivity index (χ1v) is 10.4. The minimum absolute atomic E-state index is 0.0184. The fourth-order valence-corrected chi connectivity index (χ4v) is 4.33. The zero-order valence-electron chi connectivity index (χ0n) is 17.3. The van der Waals surface area contributed by atoms with Crippen LogP contribution in [0.25, 0.3) is 0 Å². The molecule has 0 saturated heterocycles. The molecule has 2 aliphatic rings. The van der Waals surface area contributed by atoms with E-state index in [0.29, 0.717) is 17.8 Å². The van der Waals surface area contributed by atoms with E-state index in [9.17, 15) is 23.1 Å². The number of rotatable bonds is 5. The molecular formula is C23H20F3N5O2. The molecule has 10 heteroatoms. The normalized spacial score (nSPS) is 19.1. The van der Waals surface area contributed by atoms with Crippen LogP contribution in [0.1, 0.15) is 28.2 Å². The number of amides is 1. The molecule has 170 valence electrons. The van der Waals surface area contributed by atoms with E-state index in [0.717, 1.165) is 22.9 Å². The minimum Gasteiger partial charge on any atom is -0.392 e. The monoisotopic (exact) mass is 455 g/mol. The summed E-state index contributed by atoms with van der Waals surface area (Å²) in [4.78, 5) is 19.4. The smallest absolute Gasteiger partial charge is 0.392 e. The molecular weight excluding hydrogens is 435 g/mol. The molecule has 4 N–H and O–H groups in total. The van der Waals surface area contributed by atoms with Crippen molar-refractivity contribution < 1.29 is 23.1 Å². The average Bonchev–Trinajstić information content (AvgIpc) is 3.29. The first kappa shape index (κ1) is 21.2. The predicted molar refractivity (Wildman–Crippen MR) is 116 cm³/mol. The van der Waals surface area contributed by atoms with Crippen molar-refractivity contribution in [2.45, 2.75) is 31.0 Å². The summed E-state index contributed by atoms with van der Waals surface area (Å²) in [5.41, 5.74) is 2.96. The summed E-state index contributed by atoms with van der Waals surface area (Å²) in [6.45, 7) is 0.0876. The van der Waals surface area contributed by atoms with Gasteiger partial charge in [-0.15, -0.1) is 0 Å². The molecule has 0 saturated carbocycles. The summed E-state index contributed by atoms with van der Waals surface area (Å²) >= 11 is 0. The zero-order chi connectivity index (χ0) is 23.2. The van der Waals surface area contributed by atoms with Gasteiger partial charge < -0.3 is 21.1 Å². The van der Waals surface area contributed by atoms with E-state index in [4.69, 9.17) is 0 Å². The first-order chi connectivity index (χ1) is 15.8. The Hall–Kier alpha value is -3.66. The number of anilines is 4. The van der Waals surface area contributed by atoms with Gasteiger partial charge in [-0.2, -0.15) is 18.2 Å². The highest BCUT2D eigenvalue weighted by atomic mass is 19.4. The maximum Gasteiger partial charge on any atom is 0.421 e. The number of fused-ring (bicyclic) bond motifs is 2. The molecule has 1 aliphatic carbocycles. The van der Waals surface area contributed by atoms with E-state index < -0.39 is 17.8 Å². The molecule has 3 aromatic rings. The third-order valence-electron chi connectivity index (χ3n) is 5.92. The lowest BCUT2D eigenvalue weighted by Crippen LogP contribution is -2.23. The highest BCUT2D eigenvalue weighted by Gasteiger charge is 2.36. The van der Waals surface area contributed by atoms with Crippen LogP contribution >= 0.6 is 0 Å². The highest BCUT2D eigenvalue weighted by Crippen LogP contribution is 2.37. The van der Waals surface area contributed by atoms with E-state index in [1.807, 2.05) is 24.3 Å². The minimum atomic E-state index is -4.65. The van der Waals surface area contributed by atoms with E-state index in [-0.39, 0.29) is 36.6 Å². The van der Waals surface area contributed by atoms with Crippen molar-refractivity contribution >= 4 is 29.0 Å². The van der Waals surface area contributed by atoms with Crippen LogP contribution in [0.2, 0.25) is 0 Å². The molecule has 5 rings (SSSR count). The summed E-state index contributed by atoms with van der Waals surface area (Å²) in [5.74, 6) is -0.852. The second-order valence-electron chi connectivity index (χ2n) is 8.13. The van der Waals surface area contributed by atoms with Crippen molar-refractivity contribution in [1.29, 1.82) is 0 Å². The Morgan fingerprint density at radius 2 is 1.97 bits per heavy atom. The van der Waals surface area contributed by atoms with Gasteiger partial charge in [0.05, 0.1) is 12.5 Å². The van der Waals surface area contributed by atoms with Crippen molar-refractivity contribution in [2.75, 3.05) is 22.5 Å². The van der Waals surface area contributed by atoms with Crippen LogP contribution in [-0.2, 0) is 23.8 Å². The quantitative estimate of drug-likeness (QED) is 0.467. The van der Waals surface area contributed by atoms with Crippen LogP contribution in [0.5, 0.6) is 0 Å². The molecule has 2 aromatic carbocycles. The summed E-state index contributed by atoms with van der Waals surface area (Å²) in [7, 11) is 0. The number of aromatic nitrogens is 2. The standard InChI is InChI=1S/C23H20F3N5O2/c24-23(25,26)17-11-28-22(29-14-5-6-18-13(7-14)9-20(33)30-18)31-21(17)27-10-16-15-4-2-1-3-12(15)8-19(16)32/h1-7,11,16,19,32H,8-10H2,(H,30,33)(H2,27,28,29,31)/t16-,19-/m0/s1. The molecule has 0 radical (unpaired) electrons.